The average Bonchev–Trinajstić information content (AvgIpc) is 2.67. The molecule has 0 spiro atoms. The second-order valence-electron chi connectivity index (χ2n) is 4.55. The normalized spacial score (nSPS) is 12.9. The van der Waals surface area contributed by atoms with Gasteiger partial charge in [0, 0.05) is 11.6 Å². The minimum Gasteiger partial charge on any atom is -0.430 e. The second-order valence-corrected chi connectivity index (χ2v) is 5.17. The maximum Gasteiger partial charge on any atom is 0.419 e. The molecule has 0 amide bonds. The zero-order valence-corrected chi connectivity index (χ0v) is 11.4. The summed E-state index contributed by atoms with van der Waals surface area (Å²) < 4.78 is 6.54. The summed E-state index contributed by atoms with van der Waals surface area (Å²) in [6.07, 6.45) is 1.39. The van der Waals surface area contributed by atoms with Gasteiger partial charge in [-0.2, -0.15) is 0 Å². The number of hydrogen-bond donors (Lipinski definition) is 0. The molecule has 0 aliphatic carbocycles. The zero-order chi connectivity index (χ0) is 13.3. The van der Waals surface area contributed by atoms with Gasteiger partial charge in [0.1, 0.15) is 0 Å². The fourth-order valence-corrected chi connectivity index (χ4v) is 2.09. The topological polar surface area (TPSA) is 31.2 Å². The largest absolute Gasteiger partial charge is 0.430 e. The third-order valence-electron chi connectivity index (χ3n) is 2.82. The zero-order valence-electron chi connectivity index (χ0n) is 10.7. The van der Waals surface area contributed by atoms with Crippen LogP contribution in [0.4, 0.5) is 4.79 Å². The van der Waals surface area contributed by atoms with Crippen molar-refractivity contribution in [2.75, 3.05) is 0 Å². The van der Waals surface area contributed by atoms with Gasteiger partial charge >= 0.3 is 6.09 Å². The number of rotatable bonds is 2. The molecule has 4 heteroatoms. The first-order valence-corrected chi connectivity index (χ1v) is 6.39. The molecule has 0 saturated carbocycles. The summed E-state index contributed by atoms with van der Waals surface area (Å²) in [7, 11) is 0. The van der Waals surface area contributed by atoms with Crippen LogP contribution in [0.15, 0.2) is 30.5 Å². The molecular weight excluding hydrogens is 250 g/mol. The van der Waals surface area contributed by atoms with Gasteiger partial charge in [0.15, 0.2) is 5.56 Å². The van der Waals surface area contributed by atoms with Crippen molar-refractivity contribution in [3.05, 3.63) is 36.0 Å². The number of alkyl halides is 1. The van der Waals surface area contributed by atoms with E-state index >= 15 is 0 Å². The summed E-state index contributed by atoms with van der Waals surface area (Å²) in [6.45, 7) is 5.82. The molecule has 2 aromatic rings. The number of halogens is 1. The molecular formula is C14H16ClNO2. The molecule has 1 aromatic heterocycles. The Morgan fingerprint density at radius 3 is 2.56 bits per heavy atom. The fourth-order valence-electron chi connectivity index (χ4n) is 2.01. The third-order valence-corrected chi connectivity index (χ3v) is 2.91. The van der Waals surface area contributed by atoms with Gasteiger partial charge in [-0.05, 0) is 24.5 Å². The first kappa shape index (κ1) is 13.0. The first-order chi connectivity index (χ1) is 8.50. The minimum atomic E-state index is -0.638. The Bertz CT molecular complexity index is 572. The van der Waals surface area contributed by atoms with Crippen molar-refractivity contribution >= 4 is 28.6 Å². The van der Waals surface area contributed by atoms with Crippen LogP contribution in [-0.2, 0) is 4.74 Å². The van der Waals surface area contributed by atoms with E-state index in [1.54, 1.807) is 6.92 Å². The minimum absolute atomic E-state index is 0.345. The highest BCUT2D eigenvalue weighted by Gasteiger charge is 2.17. The average molecular weight is 266 g/mol. The monoisotopic (exact) mass is 265 g/mol. The van der Waals surface area contributed by atoms with Gasteiger partial charge in [0.25, 0.3) is 0 Å². The molecule has 18 heavy (non-hydrogen) atoms. The number of hydrogen-bond acceptors (Lipinski definition) is 2. The van der Waals surface area contributed by atoms with Crippen molar-refractivity contribution in [2.45, 2.75) is 32.3 Å². The van der Waals surface area contributed by atoms with Crippen LogP contribution < -0.4 is 0 Å². The lowest BCUT2D eigenvalue weighted by Gasteiger charge is -2.07. The van der Waals surface area contributed by atoms with Crippen LogP contribution in [0.3, 0.4) is 0 Å². The van der Waals surface area contributed by atoms with Crippen LogP contribution in [0, 0.1) is 0 Å². The number of fused-ring (bicyclic) bond motifs is 1. The molecule has 0 bridgehead atoms. The maximum absolute atomic E-state index is 12.0. The lowest BCUT2D eigenvalue weighted by molar-refractivity contribution is 0.141. The number of nitrogens with zero attached hydrogens (tertiary/aromatic N) is 1. The highest BCUT2D eigenvalue weighted by Crippen LogP contribution is 2.27. The molecule has 1 aromatic carbocycles. The van der Waals surface area contributed by atoms with E-state index < -0.39 is 11.7 Å². The molecule has 1 atom stereocenters. The fraction of sp³-hybridized carbons (Fsp3) is 0.357. The lowest BCUT2D eigenvalue weighted by Crippen LogP contribution is -2.15. The van der Waals surface area contributed by atoms with E-state index in [0.717, 1.165) is 16.5 Å². The van der Waals surface area contributed by atoms with Gasteiger partial charge in [0.05, 0.1) is 5.52 Å². The molecule has 2 rings (SSSR count). The molecule has 96 valence electrons. The Kier molecular flexibility index (Phi) is 3.62. The van der Waals surface area contributed by atoms with E-state index in [4.69, 9.17) is 16.3 Å². The quantitative estimate of drug-likeness (QED) is 0.757. The van der Waals surface area contributed by atoms with Gasteiger partial charge in [-0.25, -0.2) is 4.79 Å². The Labute approximate surface area is 111 Å². The number of aromatic nitrogens is 1. The smallest absolute Gasteiger partial charge is 0.419 e. The lowest BCUT2D eigenvalue weighted by atomic mass is 10.0. The SMILES string of the molecule is CC(Cl)OC(=O)n1cc(C(C)C)c2ccccc21. The van der Waals surface area contributed by atoms with Crippen molar-refractivity contribution in [3.8, 4) is 0 Å². The summed E-state index contributed by atoms with van der Waals surface area (Å²) in [6, 6.07) is 7.79. The molecule has 1 unspecified atom stereocenters. The van der Waals surface area contributed by atoms with Gasteiger partial charge in [-0.3, -0.25) is 4.57 Å². The van der Waals surface area contributed by atoms with E-state index in [0.29, 0.717) is 5.92 Å². The van der Waals surface area contributed by atoms with Crippen LogP contribution >= 0.6 is 11.6 Å². The van der Waals surface area contributed by atoms with E-state index in [1.807, 2.05) is 30.5 Å². The van der Waals surface area contributed by atoms with Crippen molar-refractivity contribution in [3.63, 3.8) is 0 Å². The number of ether oxygens (including phenoxy) is 1. The number of para-hydroxylation sites is 1. The Morgan fingerprint density at radius 2 is 1.94 bits per heavy atom. The van der Waals surface area contributed by atoms with Crippen LogP contribution in [0.1, 0.15) is 32.3 Å². The van der Waals surface area contributed by atoms with Crippen LogP contribution in [-0.4, -0.2) is 16.2 Å². The number of carbonyl (C=O) groups is 1. The maximum atomic E-state index is 12.0. The van der Waals surface area contributed by atoms with Gasteiger partial charge in [0.2, 0.25) is 0 Å². The first-order valence-electron chi connectivity index (χ1n) is 5.95. The Hall–Kier alpha value is -1.48. The number of benzene rings is 1. The van der Waals surface area contributed by atoms with Crippen LogP contribution in [0.2, 0.25) is 0 Å². The summed E-state index contributed by atoms with van der Waals surface area (Å²) in [5.74, 6) is 0.345. The van der Waals surface area contributed by atoms with E-state index in [1.165, 1.54) is 4.57 Å². The Balaban J connectivity index is 2.54. The summed E-state index contributed by atoms with van der Waals surface area (Å²) >= 11 is 5.69. The number of carbonyl (C=O) groups excluding carboxylic acids is 1. The van der Waals surface area contributed by atoms with E-state index in [2.05, 4.69) is 13.8 Å². The molecule has 0 N–H and O–H groups in total. The molecule has 0 fully saturated rings. The molecule has 0 aliphatic heterocycles. The third kappa shape index (κ3) is 2.36. The van der Waals surface area contributed by atoms with Gasteiger partial charge in [-0.15, -0.1) is 0 Å². The van der Waals surface area contributed by atoms with E-state index in [9.17, 15) is 4.79 Å². The summed E-state index contributed by atoms with van der Waals surface area (Å²) in [4.78, 5) is 12.0. The molecule has 3 nitrogen and oxygen atoms in total. The van der Waals surface area contributed by atoms with Gasteiger partial charge in [-0.1, -0.05) is 43.6 Å². The highest BCUT2D eigenvalue weighted by atomic mass is 35.5. The van der Waals surface area contributed by atoms with Crippen LogP contribution in [0.25, 0.3) is 10.9 Å². The van der Waals surface area contributed by atoms with Crippen molar-refractivity contribution in [1.29, 1.82) is 0 Å². The van der Waals surface area contributed by atoms with E-state index in [-0.39, 0.29) is 0 Å². The predicted molar refractivity (Wildman–Crippen MR) is 73.2 cm³/mol. The molecule has 0 radical (unpaired) electrons. The highest BCUT2D eigenvalue weighted by molar-refractivity contribution is 6.20. The van der Waals surface area contributed by atoms with Crippen molar-refractivity contribution in [1.82, 2.24) is 4.57 Å². The molecule has 1 heterocycles. The Morgan fingerprint density at radius 1 is 1.28 bits per heavy atom. The second kappa shape index (κ2) is 5.02. The molecule has 0 aliphatic rings. The van der Waals surface area contributed by atoms with Gasteiger partial charge < -0.3 is 4.74 Å². The predicted octanol–water partition coefficient (Wildman–Crippen LogP) is 4.33. The standard InChI is InChI=1S/C14H16ClNO2/c1-9(2)12-8-16(14(17)18-10(3)15)13-7-5-4-6-11(12)13/h4-10H,1-3H3. The van der Waals surface area contributed by atoms with Crippen molar-refractivity contribution in [2.24, 2.45) is 0 Å². The van der Waals surface area contributed by atoms with Crippen molar-refractivity contribution < 1.29 is 9.53 Å². The summed E-state index contributed by atoms with van der Waals surface area (Å²) in [5.41, 5.74) is 1.34. The molecule has 0 saturated heterocycles. The summed E-state index contributed by atoms with van der Waals surface area (Å²) in [5, 5.41) is 1.08. The van der Waals surface area contributed by atoms with Crippen LogP contribution in [0.5, 0.6) is 0 Å².